The van der Waals surface area contributed by atoms with Crippen molar-refractivity contribution in [3.63, 3.8) is 0 Å². The summed E-state index contributed by atoms with van der Waals surface area (Å²) in [5, 5.41) is 4.33. The van der Waals surface area contributed by atoms with Crippen molar-refractivity contribution in [2.45, 2.75) is 32.1 Å². The molecule has 19 heavy (non-hydrogen) atoms. The quantitative estimate of drug-likeness (QED) is 0.868. The first-order valence-corrected chi connectivity index (χ1v) is 6.92. The van der Waals surface area contributed by atoms with E-state index >= 15 is 0 Å². The smallest absolute Gasteiger partial charge is 0.223 e. The first-order chi connectivity index (χ1) is 9.08. The molecule has 2 N–H and O–H groups in total. The predicted molar refractivity (Wildman–Crippen MR) is 77.1 cm³/mol. The zero-order valence-corrected chi connectivity index (χ0v) is 11.5. The van der Waals surface area contributed by atoms with Gasteiger partial charge in [-0.1, -0.05) is 32.0 Å². The van der Waals surface area contributed by atoms with E-state index in [9.17, 15) is 4.79 Å². The SMILES string of the molecule is CC(C)(CNC(=O)C1CC1)c1c[nH]c2ccccc12. The molecule has 2 aromatic rings. The van der Waals surface area contributed by atoms with Crippen molar-refractivity contribution >= 4 is 16.8 Å². The zero-order chi connectivity index (χ0) is 13.5. The van der Waals surface area contributed by atoms with Gasteiger partial charge < -0.3 is 10.3 Å². The third-order valence-electron chi connectivity index (χ3n) is 3.97. The summed E-state index contributed by atoms with van der Waals surface area (Å²) in [5.74, 6) is 0.492. The Kier molecular flexibility index (Phi) is 2.85. The molecule has 1 saturated carbocycles. The maximum absolute atomic E-state index is 11.8. The Balaban J connectivity index is 1.80. The van der Waals surface area contributed by atoms with Crippen molar-refractivity contribution in [3.8, 4) is 0 Å². The van der Waals surface area contributed by atoms with Crippen molar-refractivity contribution in [2.24, 2.45) is 5.92 Å². The number of rotatable bonds is 4. The standard InChI is InChI=1S/C16H20N2O/c1-16(2,10-18-15(19)11-7-8-11)13-9-17-14-6-4-3-5-12(13)14/h3-6,9,11,17H,7-8,10H2,1-2H3,(H,18,19). The van der Waals surface area contributed by atoms with Crippen LogP contribution in [0.15, 0.2) is 30.5 Å². The fraction of sp³-hybridized carbons (Fsp3) is 0.438. The molecule has 0 radical (unpaired) electrons. The van der Waals surface area contributed by atoms with Gasteiger partial charge in [-0.3, -0.25) is 4.79 Å². The van der Waals surface area contributed by atoms with E-state index < -0.39 is 0 Å². The highest BCUT2D eigenvalue weighted by atomic mass is 16.2. The van der Waals surface area contributed by atoms with Gasteiger partial charge in [-0.05, 0) is 24.5 Å². The Morgan fingerprint density at radius 2 is 2.11 bits per heavy atom. The summed E-state index contributed by atoms with van der Waals surface area (Å²) in [6.07, 6.45) is 4.17. The van der Waals surface area contributed by atoms with Crippen LogP contribution in [-0.4, -0.2) is 17.4 Å². The summed E-state index contributed by atoms with van der Waals surface area (Å²) in [5.41, 5.74) is 2.35. The van der Waals surface area contributed by atoms with Gasteiger partial charge in [0.2, 0.25) is 5.91 Å². The van der Waals surface area contributed by atoms with Crippen LogP contribution in [0.2, 0.25) is 0 Å². The lowest BCUT2D eigenvalue weighted by Crippen LogP contribution is -2.37. The number of nitrogens with one attached hydrogen (secondary N) is 2. The topological polar surface area (TPSA) is 44.9 Å². The van der Waals surface area contributed by atoms with Gasteiger partial charge in [0.05, 0.1) is 0 Å². The van der Waals surface area contributed by atoms with Gasteiger partial charge in [0, 0.05) is 35.0 Å². The van der Waals surface area contributed by atoms with Crippen molar-refractivity contribution in [3.05, 3.63) is 36.0 Å². The second-order valence-corrected chi connectivity index (χ2v) is 6.12. The van der Waals surface area contributed by atoms with Gasteiger partial charge in [0.15, 0.2) is 0 Å². The van der Waals surface area contributed by atoms with Gasteiger partial charge in [0.1, 0.15) is 0 Å². The highest BCUT2D eigenvalue weighted by Crippen LogP contribution is 2.31. The molecular formula is C16H20N2O. The van der Waals surface area contributed by atoms with E-state index in [0.717, 1.165) is 18.4 Å². The Morgan fingerprint density at radius 3 is 2.84 bits per heavy atom. The third-order valence-corrected chi connectivity index (χ3v) is 3.97. The lowest BCUT2D eigenvalue weighted by atomic mass is 9.84. The monoisotopic (exact) mass is 256 g/mol. The number of aromatic nitrogens is 1. The summed E-state index contributed by atoms with van der Waals surface area (Å²) in [6, 6.07) is 8.30. The number of benzene rings is 1. The molecule has 3 heteroatoms. The predicted octanol–water partition coefficient (Wildman–Crippen LogP) is 2.97. The van der Waals surface area contributed by atoms with Crippen molar-refractivity contribution < 1.29 is 4.79 Å². The number of aromatic amines is 1. The van der Waals surface area contributed by atoms with E-state index in [4.69, 9.17) is 0 Å². The maximum Gasteiger partial charge on any atom is 0.223 e. The number of fused-ring (bicyclic) bond motifs is 1. The Morgan fingerprint density at radius 1 is 1.37 bits per heavy atom. The van der Waals surface area contributed by atoms with Crippen LogP contribution in [0.5, 0.6) is 0 Å². The van der Waals surface area contributed by atoms with Crippen LogP contribution < -0.4 is 5.32 Å². The molecule has 0 aliphatic heterocycles. The van der Waals surface area contributed by atoms with Crippen molar-refractivity contribution in [2.75, 3.05) is 6.54 Å². The summed E-state index contributed by atoms with van der Waals surface area (Å²) in [6.45, 7) is 5.04. The minimum Gasteiger partial charge on any atom is -0.361 e. The molecule has 100 valence electrons. The zero-order valence-electron chi connectivity index (χ0n) is 11.5. The average Bonchev–Trinajstić information content (AvgIpc) is 3.15. The summed E-state index contributed by atoms with van der Waals surface area (Å²) in [4.78, 5) is 15.1. The van der Waals surface area contributed by atoms with Crippen molar-refractivity contribution in [1.82, 2.24) is 10.3 Å². The number of para-hydroxylation sites is 1. The van der Waals surface area contributed by atoms with E-state index in [1.165, 1.54) is 10.9 Å². The fourth-order valence-corrected chi connectivity index (χ4v) is 2.52. The molecule has 0 saturated heterocycles. The number of H-pyrrole nitrogens is 1. The lowest BCUT2D eigenvalue weighted by Gasteiger charge is -2.25. The van der Waals surface area contributed by atoms with E-state index in [-0.39, 0.29) is 17.2 Å². The summed E-state index contributed by atoms with van der Waals surface area (Å²) in [7, 11) is 0. The summed E-state index contributed by atoms with van der Waals surface area (Å²) >= 11 is 0. The molecular weight excluding hydrogens is 236 g/mol. The van der Waals surface area contributed by atoms with E-state index in [0.29, 0.717) is 6.54 Å². The van der Waals surface area contributed by atoms with Crippen LogP contribution in [-0.2, 0) is 10.2 Å². The molecule has 1 fully saturated rings. The van der Waals surface area contributed by atoms with Crippen LogP contribution in [0.3, 0.4) is 0 Å². The largest absolute Gasteiger partial charge is 0.361 e. The van der Waals surface area contributed by atoms with E-state index in [1.54, 1.807) is 0 Å². The minimum atomic E-state index is -0.0653. The minimum absolute atomic E-state index is 0.0653. The number of carbonyl (C=O) groups excluding carboxylic acids is 1. The molecule has 3 rings (SSSR count). The molecule has 0 spiro atoms. The molecule has 1 amide bonds. The van der Waals surface area contributed by atoms with Crippen molar-refractivity contribution in [1.29, 1.82) is 0 Å². The molecule has 1 aliphatic rings. The highest BCUT2D eigenvalue weighted by Gasteiger charge is 2.31. The molecule has 0 atom stereocenters. The Bertz CT molecular complexity index is 608. The first-order valence-electron chi connectivity index (χ1n) is 6.92. The molecule has 1 heterocycles. The third kappa shape index (κ3) is 2.37. The number of amides is 1. The van der Waals surface area contributed by atoms with Crippen LogP contribution in [0.25, 0.3) is 10.9 Å². The Hall–Kier alpha value is -1.77. The second-order valence-electron chi connectivity index (χ2n) is 6.12. The fourth-order valence-electron chi connectivity index (χ4n) is 2.52. The highest BCUT2D eigenvalue weighted by molar-refractivity contribution is 5.84. The molecule has 3 nitrogen and oxygen atoms in total. The van der Waals surface area contributed by atoms with Gasteiger partial charge >= 0.3 is 0 Å². The number of hydrogen-bond acceptors (Lipinski definition) is 1. The van der Waals surface area contributed by atoms with Gasteiger partial charge in [-0.2, -0.15) is 0 Å². The second kappa shape index (κ2) is 4.41. The van der Waals surface area contributed by atoms with Crippen LogP contribution in [0.1, 0.15) is 32.3 Å². The summed E-state index contributed by atoms with van der Waals surface area (Å²) < 4.78 is 0. The van der Waals surface area contributed by atoms with Gasteiger partial charge in [-0.15, -0.1) is 0 Å². The number of carbonyl (C=O) groups is 1. The maximum atomic E-state index is 11.8. The number of hydrogen-bond donors (Lipinski definition) is 2. The van der Waals surface area contributed by atoms with Gasteiger partial charge in [-0.25, -0.2) is 0 Å². The molecule has 1 aromatic heterocycles. The molecule has 1 aliphatic carbocycles. The molecule has 0 unspecified atom stereocenters. The molecule has 0 bridgehead atoms. The van der Waals surface area contributed by atoms with Crippen LogP contribution in [0.4, 0.5) is 0 Å². The normalized spacial score (nSPS) is 15.7. The van der Waals surface area contributed by atoms with Crippen LogP contribution >= 0.6 is 0 Å². The Labute approximate surface area is 113 Å². The lowest BCUT2D eigenvalue weighted by molar-refractivity contribution is -0.122. The van der Waals surface area contributed by atoms with Crippen LogP contribution in [0, 0.1) is 5.92 Å². The van der Waals surface area contributed by atoms with Gasteiger partial charge in [0.25, 0.3) is 0 Å². The van der Waals surface area contributed by atoms with E-state index in [1.807, 2.05) is 6.07 Å². The first kappa shape index (κ1) is 12.3. The van der Waals surface area contributed by atoms with E-state index in [2.05, 4.69) is 48.5 Å². The molecule has 1 aromatic carbocycles. The average molecular weight is 256 g/mol.